The average molecular weight is 289 g/mol. The minimum Gasteiger partial charge on any atom is -0.481 e. The van der Waals surface area contributed by atoms with E-state index in [4.69, 9.17) is 0 Å². The summed E-state index contributed by atoms with van der Waals surface area (Å²) in [6, 6.07) is 8.61. The highest BCUT2D eigenvalue weighted by molar-refractivity contribution is 5.74. The first-order valence-electron chi connectivity index (χ1n) is 7.89. The lowest BCUT2D eigenvalue weighted by Crippen LogP contribution is -2.26. The molecule has 1 fully saturated rings. The van der Waals surface area contributed by atoms with Gasteiger partial charge in [0, 0.05) is 0 Å². The molecule has 21 heavy (non-hydrogen) atoms. The van der Waals surface area contributed by atoms with E-state index in [1.54, 1.807) is 13.8 Å². The standard InChI is InChI=1S/C18H27NO2/c1-18(2,17(20)21)13-14-6-8-16(9-7-14)15-5-4-11-19(3)12-10-15/h6-9,15H,4-5,10-13H2,1-3H3,(H,20,21). The van der Waals surface area contributed by atoms with Crippen molar-refractivity contribution in [3.63, 3.8) is 0 Å². The molecule has 0 radical (unpaired) electrons. The number of carbonyl (C=O) groups is 1. The highest BCUT2D eigenvalue weighted by Gasteiger charge is 2.27. The monoisotopic (exact) mass is 289 g/mol. The summed E-state index contributed by atoms with van der Waals surface area (Å²) in [7, 11) is 2.19. The topological polar surface area (TPSA) is 40.5 Å². The Balaban J connectivity index is 2.03. The van der Waals surface area contributed by atoms with Crippen molar-refractivity contribution < 1.29 is 9.90 Å². The SMILES string of the molecule is CN1CCCC(c2ccc(CC(C)(C)C(=O)O)cc2)CC1. The van der Waals surface area contributed by atoms with Crippen molar-refractivity contribution in [2.75, 3.05) is 20.1 Å². The second kappa shape index (κ2) is 6.61. The van der Waals surface area contributed by atoms with Gasteiger partial charge in [-0.15, -0.1) is 0 Å². The molecule has 0 amide bonds. The van der Waals surface area contributed by atoms with Gasteiger partial charge in [0.2, 0.25) is 0 Å². The number of rotatable bonds is 4. The largest absolute Gasteiger partial charge is 0.481 e. The van der Waals surface area contributed by atoms with E-state index in [0.717, 1.165) is 5.56 Å². The molecule has 2 rings (SSSR count). The van der Waals surface area contributed by atoms with Gasteiger partial charge in [0.1, 0.15) is 0 Å². The maximum absolute atomic E-state index is 11.2. The maximum atomic E-state index is 11.2. The summed E-state index contributed by atoms with van der Waals surface area (Å²) in [6.07, 6.45) is 4.31. The number of benzene rings is 1. The molecule has 1 heterocycles. The molecule has 1 unspecified atom stereocenters. The number of hydrogen-bond donors (Lipinski definition) is 1. The van der Waals surface area contributed by atoms with Crippen molar-refractivity contribution in [2.45, 2.75) is 45.4 Å². The molecular formula is C18H27NO2. The third-order valence-corrected chi connectivity index (χ3v) is 4.63. The van der Waals surface area contributed by atoms with E-state index < -0.39 is 11.4 Å². The van der Waals surface area contributed by atoms with Gasteiger partial charge in [-0.1, -0.05) is 24.3 Å². The minimum atomic E-state index is -0.738. The van der Waals surface area contributed by atoms with Gasteiger partial charge in [0.15, 0.2) is 0 Å². The Bertz CT molecular complexity index is 478. The summed E-state index contributed by atoms with van der Waals surface area (Å²) in [5.41, 5.74) is 1.81. The van der Waals surface area contributed by atoms with Crippen LogP contribution >= 0.6 is 0 Å². The van der Waals surface area contributed by atoms with Gasteiger partial charge in [-0.2, -0.15) is 0 Å². The van der Waals surface area contributed by atoms with Gasteiger partial charge in [-0.25, -0.2) is 0 Å². The van der Waals surface area contributed by atoms with E-state index >= 15 is 0 Å². The van der Waals surface area contributed by atoms with Crippen LogP contribution in [-0.2, 0) is 11.2 Å². The van der Waals surface area contributed by atoms with E-state index in [1.807, 2.05) is 0 Å². The molecule has 116 valence electrons. The Morgan fingerprint density at radius 1 is 1.24 bits per heavy atom. The van der Waals surface area contributed by atoms with Gasteiger partial charge < -0.3 is 10.0 Å². The quantitative estimate of drug-likeness (QED) is 0.921. The summed E-state index contributed by atoms with van der Waals surface area (Å²) >= 11 is 0. The van der Waals surface area contributed by atoms with E-state index in [1.165, 1.54) is 37.9 Å². The highest BCUT2D eigenvalue weighted by Crippen LogP contribution is 2.29. The number of likely N-dealkylation sites (tertiary alicyclic amines) is 1. The van der Waals surface area contributed by atoms with E-state index in [9.17, 15) is 9.90 Å². The Labute approximate surface area is 128 Å². The van der Waals surface area contributed by atoms with Crippen LogP contribution in [0.2, 0.25) is 0 Å². The third-order valence-electron chi connectivity index (χ3n) is 4.63. The van der Waals surface area contributed by atoms with E-state index in [2.05, 4.69) is 36.2 Å². The molecule has 1 saturated heterocycles. The van der Waals surface area contributed by atoms with Gasteiger partial charge in [0.05, 0.1) is 5.41 Å². The lowest BCUT2D eigenvalue weighted by Gasteiger charge is -2.20. The fraction of sp³-hybridized carbons (Fsp3) is 0.611. The Kier molecular flexibility index (Phi) is 5.04. The molecule has 1 atom stereocenters. The number of carboxylic acid groups (broad SMARTS) is 1. The van der Waals surface area contributed by atoms with Crippen LogP contribution in [0.5, 0.6) is 0 Å². The molecular weight excluding hydrogens is 262 g/mol. The van der Waals surface area contributed by atoms with E-state index in [0.29, 0.717) is 12.3 Å². The number of carboxylic acids is 1. The van der Waals surface area contributed by atoms with Crippen molar-refractivity contribution >= 4 is 5.97 Å². The summed E-state index contributed by atoms with van der Waals surface area (Å²) in [4.78, 5) is 13.6. The molecule has 1 aliphatic heterocycles. The van der Waals surface area contributed by atoms with Crippen molar-refractivity contribution in [3.05, 3.63) is 35.4 Å². The molecule has 1 aromatic carbocycles. The van der Waals surface area contributed by atoms with Crippen LogP contribution in [0.3, 0.4) is 0 Å². The Morgan fingerprint density at radius 3 is 2.52 bits per heavy atom. The first kappa shape index (κ1) is 16.0. The van der Waals surface area contributed by atoms with Crippen LogP contribution in [0.25, 0.3) is 0 Å². The molecule has 0 bridgehead atoms. The summed E-state index contributed by atoms with van der Waals surface area (Å²) in [5.74, 6) is -0.0881. The molecule has 3 nitrogen and oxygen atoms in total. The normalized spacial score (nSPS) is 21.0. The molecule has 0 aromatic heterocycles. The number of hydrogen-bond acceptors (Lipinski definition) is 2. The number of nitrogens with zero attached hydrogens (tertiary/aromatic N) is 1. The van der Waals surface area contributed by atoms with Crippen molar-refractivity contribution in [1.82, 2.24) is 4.90 Å². The minimum absolute atomic E-state index is 0.579. The third kappa shape index (κ3) is 4.31. The second-order valence-corrected chi connectivity index (χ2v) is 7.04. The van der Waals surface area contributed by atoms with Crippen molar-refractivity contribution in [3.8, 4) is 0 Å². The fourth-order valence-electron chi connectivity index (χ4n) is 3.07. The molecule has 1 N–H and O–H groups in total. The molecule has 1 aliphatic rings. The van der Waals surface area contributed by atoms with Crippen molar-refractivity contribution in [2.24, 2.45) is 5.41 Å². The Hall–Kier alpha value is -1.35. The summed E-state index contributed by atoms with van der Waals surface area (Å²) in [5, 5.41) is 9.21. The molecule has 0 spiro atoms. The lowest BCUT2D eigenvalue weighted by molar-refractivity contribution is -0.146. The molecule has 3 heteroatoms. The van der Waals surface area contributed by atoms with Gasteiger partial charge in [0.25, 0.3) is 0 Å². The van der Waals surface area contributed by atoms with E-state index in [-0.39, 0.29) is 0 Å². The molecule has 0 aliphatic carbocycles. The zero-order valence-corrected chi connectivity index (χ0v) is 13.4. The Morgan fingerprint density at radius 2 is 1.90 bits per heavy atom. The fourth-order valence-corrected chi connectivity index (χ4v) is 3.07. The van der Waals surface area contributed by atoms with Gasteiger partial charge in [-0.05, 0) is 76.7 Å². The van der Waals surface area contributed by atoms with Crippen LogP contribution in [0.15, 0.2) is 24.3 Å². The lowest BCUT2D eigenvalue weighted by atomic mass is 9.84. The molecule has 0 saturated carbocycles. The second-order valence-electron chi connectivity index (χ2n) is 7.04. The first-order chi connectivity index (χ1) is 9.88. The van der Waals surface area contributed by atoms with Crippen LogP contribution in [-0.4, -0.2) is 36.1 Å². The van der Waals surface area contributed by atoms with Crippen LogP contribution in [0, 0.1) is 5.41 Å². The average Bonchev–Trinajstić information content (AvgIpc) is 2.64. The summed E-state index contributed by atoms with van der Waals surface area (Å²) in [6.45, 7) is 5.93. The highest BCUT2D eigenvalue weighted by atomic mass is 16.4. The first-order valence-corrected chi connectivity index (χ1v) is 7.89. The number of aliphatic carboxylic acids is 1. The van der Waals surface area contributed by atoms with Crippen LogP contribution < -0.4 is 0 Å². The summed E-state index contributed by atoms with van der Waals surface area (Å²) < 4.78 is 0. The zero-order valence-electron chi connectivity index (χ0n) is 13.4. The van der Waals surface area contributed by atoms with Crippen molar-refractivity contribution in [1.29, 1.82) is 0 Å². The maximum Gasteiger partial charge on any atom is 0.309 e. The smallest absolute Gasteiger partial charge is 0.309 e. The van der Waals surface area contributed by atoms with Crippen LogP contribution in [0.4, 0.5) is 0 Å². The predicted molar refractivity (Wildman–Crippen MR) is 85.7 cm³/mol. The molecule has 1 aromatic rings. The van der Waals surface area contributed by atoms with Gasteiger partial charge >= 0.3 is 5.97 Å². The van der Waals surface area contributed by atoms with Crippen LogP contribution in [0.1, 0.15) is 50.2 Å². The van der Waals surface area contributed by atoms with Gasteiger partial charge in [-0.3, -0.25) is 4.79 Å². The zero-order chi connectivity index (χ0) is 15.5. The predicted octanol–water partition coefficient (Wildman–Crippen LogP) is 3.54.